The van der Waals surface area contributed by atoms with Crippen LogP contribution in [0.4, 0.5) is 4.79 Å². The summed E-state index contributed by atoms with van der Waals surface area (Å²) in [7, 11) is 0. The van der Waals surface area contributed by atoms with Crippen LogP contribution in [0, 0.1) is 0 Å². The molecule has 1 aliphatic rings. The van der Waals surface area contributed by atoms with Crippen molar-refractivity contribution in [2.45, 2.75) is 25.6 Å². The van der Waals surface area contributed by atoms with Crippen LogP contribution in [-0.2, 0) is 11.3 Å². The molecular weight excluding hydrogens is 368 g/mol. The van der Waals surface area contributed by atoms with E-state index >= 15 is 0 Å². The van der Waals surface area contributed by atoms with Gasteiger partial charge >= 0.3 is 6.09 Å². The molecule has 1 aromatic carbocycles. The molecule has 0 spiro atoms. The highest BCUT2D eigenvalue weighted by Gasteiger charge is 2.22. The van der Waals surface area contributed by atoms with Gasteiger partial charge in [-0.1, -0.05) is 35.9 Å². The number of nitrogens with zero attached hydrogens (tertiary/aromatic N) is 3. The Labute approximate surface area is 160 Å². The average Bonchev–Trinajstić information content (AvgIpc) is 3.13. The van der Waals surface area contributed by atoms with E-state index in [-0.39, 0.29) is 6.10 Å². The van der Waals surface area contributed by atoms with Crippen molar-refractivity contribution in [2.75, 3.05) is 13.1 Å². The van der Waals surface area contributed by atoms with E-state index in [2.05, 4.69) is 15.0 Å². The summed E-state index contributed by atoms with van der Waals surface area (Å²) in [6.07, 6.45) is 2.16. The molecule has 4 rings (SSSR count). The van der Waals surface area contributed by atoms with E-state index in [9.17, 15) is 4.79 Å². The minimum atomic E-state index is -0.853. The van der Waals surface area contributed by atoms with Crippen LogP contribution in [0.1, 0.15) is 18.4 Å². The summed E-state index contributed by atoms with van der Waals surface area (Å²) < 4.78 is 5.94. The first-order chi connectivity index (χ1) is 13.1. The van der Waals surface area contributed by atoms with Crippen molar-refractivity contribution >= 4 is 28.7 Å². The number of carboxylic acid groups (broad SMARTS) is 1. The minimum absolute atomic E-state index is 0.106. The molecule has 0 unspecified atom stereocenters. The van der Waals surface area contributed by atoms with Gasteiger partial charge in [-0.25, -0.2) is 14.8 Å². The second kappa shape index (κ2) is 7.54. The summed E-state index contributed by atoms with van der Waals surface area (Å²) in [5.74, 6) is 0. The summed E-state index contributed by atoms with van der Waals surface area (Å²) in [5, 5.41) is 10.2. The lowest BCUT2D eigenvalue weighted by Gasteiger charge is -2.29. The van der Waals surface area contributed by atoms with Crippen LogP contribution in [-0.4, -0.2) is 50.2 Å². The molecule has 140 valence electrons. The lowest BCUT2D eigenvalue weighted by Crippen LogP contribution is -2.40. The highest BCUT2D eigenvalue weighted by molar-refractivity contribution is 6.34. The number of nitrogens with one attached hydrogen (secondary N) is 1. The molecule has 0 bridgehead atoms. The SMILES string of the molecule is O=C(O)N1CCC(OCc2ccc(-c3cc4c(Cl)ncnc4[nH]3)cc2)CC1. The van der Waals surface area contributed by atoms with E-state index in [0.29, 0.717) is 30.5 Å². The van der Waals surface area contributed by atoms with Gasteiger partial charge in [0.05, 0.1) is 18.1 Å². The van der Waals surface area contributed by atoms with E-state index in [0.717, 1.165) is 35.0 Å². The number of halogens is 1. The van der Waals surface area contributed by atoms with Crippen molar-refractivity contribution < 1.29 is 14.6 Å². The lowest BCUT2D eigenvalue weighted by atomic mass is 10.1. The number of rotatable bonds is 4. The first-order valence-corrected chi connectivity index (χ1v) is 9.16. The van der Waals surface area contributed by atoms with Crippen LogP contribution in [0.3, 0.4) is 0 Å². The number of amides is 1. The van der Waals surface area contributed by atoms with Gasteiger partial charge < -0.3 is 19.7 Å². The smallest absolute Gasteiger partial charge is 0.407 e. The largest absolute Gasteiger partial charge is 0.465 e. The standard InChI is InChI=1S/C19H19ClN4O3/c20-17-15-9-16(23-18(15)22-11-21-17)13-3-1-12(2-4-13)10-27-14-5-7-24(8-6-14)19(25)26/h1-4,9,11,14H,5-8,10H2,(H,25,26)(H,21,22,23). The van der Waals surface area contributed by atoms with Crippen molar-refractivity contribution in [1.29, 1.82) is 0 Å². The van der Waals surface area contributed by atoms with Crippen LogP contribution in [0.25, 0.3) is 22.3 Å². The number of ether oxygens (including phenoxy) is 1. The summed E-state index contributed by atoms with van der Waals surface area (Å²) in [6, 6.07) is 10.1. The Morgan fingerprint density at radius 1 is 1.26 bits per heavy atom. The number of benzene rings is 1. The van der Waals surface area contributed by atoms with E-state index in [1.165, 1.54) is 11.2 Å². The van der Waals surface area contributed by atoms with Gasteiger partial charge in [-0.05, 0) is 30.0 Å². The third-order valence-corrected chi connectivity index (χ3v) is 5.14. The number of H-pyrrole nitrogens is 1. The molecule has 1 aliphatic heterocycles. The Kier molecular flexibility index (Phi) is 4.96. The first-order valence-electron chi connectivity index (χ1n) is 8.78. The van der Waals surface area contributed by atoms with Gasteiger partial charge in [-0.15, -0.1) is 0 Å². The van der Waals surface area contributed by atoms with Gasteiger partial charge in [0.2, 0.25) is 0 Å². The predicted molar refractivity (Wildman–Crippen MR) is 102 cm³/mol. The van der Waals surface area contributed by atoms with Gasteiger partial charge in [0.15, 0.2) is 0 Å². The van der Waals surface area contributed by atoms with Gasteiger partial charge in [0.1, 0.15) is 17.1 Å². The summed E-state index contributed by atoms with van der Waals surface area (Å²) in [4.78, 5) is 23.8. The van der Waals surface area contributed by atoms with E-state index in [1.807, 2.05) is 30.3 Å². The summed E-state index contributed by atoms with van der Waals surface area (Å²) in [6.45, 7) is 1.58. The average molecular weight is 387 g/mol. The van der Waals surface area contributed by atoms with Crippen LogP contribution in [0.2, 0.25) is 5.15 Å². The van der Waals surface area contributed by atoms with E-state index < -0.39 is 6.09 Å². The van der Waals surface area contributed by atoms with E-state index in [1.54, 1.807) is 0 Å². The number of carbonyl (C=O) groups is 1. The Bertz CT molecular complexity index is 949. The molecule has 1 saturated heterocycles. The van der Waals surface area contributed by atoms with E-state index in [4.69, 9.17) is 21.4 Å². The molecule has 3 aromatic rings. The zero-order valence-corrected chi connectivity index (χ0v) is 15.3. The second-order valence-electron chi connectivity index (χ2n) is 6.59. The fraction of sp³-hybridized carbons (Fsp3) is 0.316. The van der Waals surface area contributed by atoms with Crippen LogP contribution >= 0.6 is 11.6 Å². The normalized spacial score (nSPS) is 15.4. The molecule has 2 N–H and O–H groups in total. The maximum Gasteiger partial charge on any atom is 0.407 e. The topological polar surface area (TPSA) is 91.3 Å². The number of hydrogen-bond donors (Lipinski definition) is 2. The van der Waals surface area contributed by atoms with Crippen LogP contribution < -0.4 is 0 Å². The Balaban J connectivity index is 1.37. The Morgan fingerprint density at radius 3 is 2.67 bits per heavy atom. The monoisotopic (exact) mass is 386 g/mol. The summed E-state index contributed by atoms with van der Waals surface area (Å²) in [5.41, 5.74) is 3.75. The van der Waals surface area contributed by atoms with Crippen molar-refractivity contribution in [3.05, 3.63) is 47.4 Å². The first kappa shape index (κ1) is 17.8. The molecule has 0 atom stereocenters. The predicted octanol–water partition coefficient (Wildman–Crippen LogP) is 3.94. The van der Waals surface area contributed by atoms with Gasteiger partial charge in [0.25, 0.3) is 0 Å². The lowest BCUT2D eigenvalue weighted by molar-refractivity contribution is 0.000374. The van der Waals surface area contributed by atoms with Crippen molar-refractivity contribution in [3.63, 3.8) is 0 Å². The molecule has 3 heterocycles. The number of likely N-dealkylation sites (tertiary alicyclic amines) is 1. The molecule has 0 aliphatic carbocycles. The second-order valence-corrected chi connectivity index (χ2v) is 6.94. The Morgan fingerprint density at radius 2 is 2.00 bits per heavy atom. The highest BCUT2D eigenvalue weighted by Crippen LogP contribution is 2.27. The highest BCUT2D eigenvalue weighted by atomic mass is 35.5. The number of piperidine rings is 1. The molecule has 1 amide bonds. The van der Waals surface area contributed by atoms with Crippen molar-refractivity contribution in [3.8, 4) is 11.3 Å². The van der Waals surface area contributed by atoms with Gasteiger partial charge in [-0.3, -0.25) is 0 Å². The number of hydrogen-bond acceptors (Lipinski definition) is 4. The Hall–Kier alpha value is -2.64. The number of fused-ring (bicyclic) bond motifs is 1. The molecular formula is C19H19ClN4O3. The van der Waals surface area contributed by atoms with Crippen LogP contribution in [0.15, 0.2) is 36.7 Å². The molecule has 8 heteroatoms. The molecule has 1 fully saturated rings. The fourth-order valence-electron chi connectivity index (χ4n) is 3.27. The molecule has 2 aromatic heterocycles. The maximum absolute atomic E-state index is 10.9. The number of aromatic amines is 1. The summed E-state index contributed by atoms with van der Waals surface area (Å²) >= 11 is 6.10. The minimum Gasteiger partial charge on any atom is -0.465 e. The van der Waals surface area contributed by atoms with Gasteiger partial charge in [0, 0.05) is 18.8 Å². The van der Waals surface area contributed by atoms with Crippen molar-refractivity contribution in [2.24, 2.45) is 0 Å². The fourth-order valence-corrected chi connectivity index (χ4v) is 3.46. The quantitative estimate of drug-likeness (QED) is 0.663. The molecule has 7 nitrogen and oxygen atoms in total. The zero-order valence-electron chi connectivity index (χ0n) is 14.6. The maximum atomic E-state index is 10.9. The third kappa shape index (κ3) is 3.89. The molecule has 0 radical (unpaired) electrons. The third-order valence-electron chi connectivity index (χ3n) is 4.84. The molecule has 0 saturated carbocycles. The number of aromatic nitrogens is 3. The molecule has 27 heavy (non-hydrogen) atoms. The zero-order chi connectivity index (χ0) is 18.8. The van der Waals surface area contributed by atoms with Crippen molar-refractivity contribution in [1.82, 2.24) is 19.9 Å². The van der Waals surface area contributed by atoms with Gasteiger partial charge in [-0.2, -0.15) is 0 Å². The van der Waals surface area contributed by atoms with Crippen LogP contribution in [0.5, 0.6) is 0 Å².